The highest BCUT2D eigenvalue weighted by Gasteiger charge is 2.00. The summed E-state index contributed by atoms with van der Waals surface area (Å²) in [6, 6.07) is 17.0. The molecule has 0 saturated heterocycles. The maximum absolute atomic E-state index is 8.46. The van der Waals surface area contributed by atoms with Gasteiger partial charge in [0.2, 0.25) is 5.82 Å². The molecule has 2 aromatic carbocycles. The average molecular weight is 343 g/mol. The summed E-state index contributed by atoms with van der Waals surface area (Å²) in [5, 5.41) is 37.3. The second-order valence-electron chi connectivity index (χ2n) is 5.19. The van der Waals surface area contributed by atoms with Gasteiger partial charge < -0.3 is 10.8 Å². The molecule has 128 valence electrons. The van der Waals surface area contributed by atoms with Gasteiger partial charge in [-0.15, -0.1) is 20.4 Å². The molecule has 1 heterocycles. The van der Waals surface area contributed by atoms with Gasteiger partial charge in [-0.3, -0.25) is 0 Å². The molecule has 0 atom stereocenters. The molecule has 7 heteroatoms. The van der Waals surface area contributed by atoms with Crippen LogP contribution in [0.5, 0.6) is 0 Å². The van der Waals surface area contributed by atoms with Crippen LogP contribution in [0, 0.1) is 22.1 Å². The molecule has 2 N–H and O–H groups in total. The Morgan fingerprint density at radius 3 is 1.77 bits per heavy atom. The van der Waals surface area contributed by atoms with E-state index < -0.39 is 0 Å². The van der Waals surface area contributed by atoms with E-state index in [-0.39, 0.29) is 0 Å². The summed E-state index contributed by atoms with van der Waals surface area (Å²) in [4.78, 5) is 0. The van der Waals surface area contributed by atoms with Gasteiger partial charge in [0.1, 0.15) is 0 Å². The van der Waals surface area contributed by atoms with Gasteiger partial charge in [0, 0.05) is 18.4 Å². The topological polar surface area (TPSA) is 123 Å². The fraction of sp³-hybridized carbons (Fsp3) is 0.105. The lowest BCUT2D eigenvalue weighted by molar-refractivity contribution is 0.864. The Hall–Kier alpha value is -3.79. The quantitative estimate of drug-likeness (QED) is 0.689. The van der Waals surface area contributed by atoms with Crippen molar-refractivity contribution >= 4 is 12.4 Å². The molecular formula is C19H17N7. The summed E-state index contributed by atoms with van der Waals surface area (Å²) < 4.78 is 0. The van der Waals surface area contributed by atoms with E-state index in [0.29, 0.717) is 24.2 Å². The summed E-state index contributed by atoms with van der Waals surface area (Å²) >= 11 is 0. The smallest absolute Gasteiger partial charge is 0.203 e. The van der Waals surface area contributed by atoms with Crippen molar-refractivity contribution in [3.63, 3.8) is 0 Å². The van der Waals surface area contributed by atoms with Gasteiger partial charge in [-0.25, -0.2) is 0 Å². The lowest BCUT2D eigenvalue weighted by Gasteiger charge is -1.99. The first-order chi connectivity index (χ1) is 12.8. The van der Waals surface area contributed by atoms with E-state index in [1.54, 1.807) is 12.1 Å². The van der Waals surface area contributed by atoms with Crippen molar-refractivity contribution in [2.75, 3.05) is 0 Å². The highest BCUT2D eigenvalue weighted by Crippen LogP contribution is 2.13. The molecule has 0 amide bonds. The van der Waals surface area contributed by atoms with E-state index in [9.17, 15) is 0 Å². The fourth-order valence-corrected chi connectivity index (χ4v) is 2.06. The van der Waals surface area contributed by atoms with Crippen LogP contribution in [0.4, 0.5) is 0 Å². The average Bonchev–Trinajstić information content (AvgIpc) is 2.71. The predicted molar refractivity (Wildman–Crippen MR) is 99.2 cm³/mol. The van der Waals surface area contributed by atoms with Crippen molar-refractivity contribution in [3.05, 3.63) is 71.5 Å². The monoisotopic (exact) mass is 343 g/mol. The molecule has 26 heavy (non-hydrogen) atoms. The second kappa shape index (κ2) is 10.2. The van der Waals surface area contributed by atoms with E-state index in [1.807, 2.05) is 42.5 Å². The third kappa shape index (κ3) is 5.69. The van der Waals surface area contributed by atoms with Gasteiger partial charge in [-0.2, -0.15) is 5.26 Å². The van der Waals surface area contributed by atoms with E-state index >= 15 is 0 Å². The minimum Gasteiger partial charge on any atom is -0.313 e. The predicted octanol–water partition coefficient (Wildman–Crippen LogP) is 2.88. The Kier molecular flexibility index (Phi) is 7.24. The summed E-state index contributed by atoms with van der Waals surface area (Å²) in [6.45, 7) is 0. The molecule has 0 fully saturated rings. The Balaban J connectivity index is 0.000000197. The molecular weight excluding hydrogens is 326 g/mol. The number of aromatic nitrogens is 4. The van der Waals surface area contributed by atoms with Crippen LogP contribution in [0.1, 0.15) is 16.7 Å². The maximum atomic E-state index is 8.46. The zero-order valence-corrected chi connectivity index (χ0v) is 14.0. The van der Waals surface area contributed by atoms with Crippen LogP contribution in [-0.2, 0) is 12.8 Å². The first kappa shape index (κ1) is 18.5. The zero-order valence-electron chi connectivity index (χ0n) is 14.0. The molecule has 0 aliphatic heterocycles. The van der Waals surface area contributed by atoms with Gasteiger partial charge in [-0.05, 0) is 35.7 Å². The molecule has 0 spiro atoms. The molecule has 0 aliphatic carbocycles. The van der Waals surface area contributed by atoms with Crippen molar-refractivity contribution in [2.24, 2.45) is 0 Å². The van der Waals surface area contributed by atoms with Crippen molar-refractivity contribution in [1.82, 2.24) is 20.4 Å². The maximum Gasteiger partial charge on any atom is 0.203 e. The van der Waals surface area contributed by atoms with Gasteiger partial charge in [0.15, 0.2) is 6.33 Å². The molecule has 0 saturated carbocycles. The van der Waals surface area contributed by atoms with Crippen LogP contribution in [0.3, 0.4) is 0 Å². The molecule has 0 aliphatic rings. The Bertz CT molecular complexity index is 867. The number of hydrogen-bond acceptors (Lipinski definition) is 7. The van der Waals surface area contributed by atoms with E-state index in [4.69, 9.17) is 16.1 Å². The lowest BCUT2D eigenvalue weighted by atomic mass is 10.1. The molecule has 1 aromatic heterocycles. The molecule has 0 radical (unpaired) electrons. The van der Waals surface area contributed by atoms with Crippen molar-refractivity contribution in [1.29, 1.82) is 16.1 Å². The number of nitriles is 1. The number of nitrogens with one attached hydrogen (secondary N) is 2. The number of nitrogens with zero attached hydrogens (tertiary/aromatic N) is 5. The van der Waals surface area contributed by atoms with Gasteiger partial charge in [0.25, 0.3) is 0 Å². The Labute approximate surface area is 151 Å². The molecule has 3 aromatic rings. The summed E-state index contributed by atoms with van der Waals surface area (Å²) in [5.41, 5.74) is 3.70. The SMILES string of the molecule is N#Cc1ccc(CC=N)cc1.N=CCc1ccc(-c2nncnn2)cc1. The van der Waals surface area contributed by atoms with Gasteiger partial charge >= 0.3 is 0 Å². The minimum atomic E-state index is 0.513. The number of benzene rings is 2. The van der Waals surface area contributed by atoms with Gasteiger partial charge in [-0.1, -0.05) is 36.4 Å². The lowest BCUT2D eigenvalue weighted by Crippen LogP contribution is -1.94. The van der Waals surface area contributed by atoms with E-state index in [2.05, 4.69) is 20.4 Å². The highest BCUT2D eigenvalue weighted by atomic mass is 15.3. The van der Waals surface area contributed by atoms with Crippen LogP contribution in [0.25, 0.3) is 11.4 Å². The fourth-order valence-electron chi connectivity index (χ4n) is 2.06. The third-order valence-electron chi connectivity index (χ3n) is 3.38. The zero-order chi connectivity index (χ0) is 18.6. The van der Waals surface area contributed by atoms with Crippen LogP contribution >= 0.6 is 0 Å². The number of hydrogen-bond donors (Lipinski definition) is 2. The molecule has 3 rings (SSSR count). The summed E-state index contributed by atoms with van der Waals surface area (Å²) in [7, 11) is 0. The first-order valence-electron chi connectivity index (χ1n) is 7.83. The first-order valence-corrected chi connectivity index (χ1v) is 7.83. The Morgan fingerprint density at radius 2 is 1.31 bits per heavy atom. The van der Waals surface area contributed by atoms with E-state index in [0.717, 1.165) is 16.7 Å². The number of rotatable bonds is 5. The Morgan fingerprint density at radius 1 is 0.808 bits per heavy atom. The normalized spacial score (nSPS) is 9.35. The molecule has 0 bridgehead atoms. The van der Waals surface area contributed by atoms with Gasteiger partial charge in [0.05, 0.1) is 11.6 Å². The largest absolute Gasteiger partial charge is 0.313 e. The van der Waals surface area contributed by atoms with Crippen molar-refractivity contribution in [3.8, 4) is 17.5 Å². The molecule has 0 unspecified atom stereocenters. The van der Waals surface area contributed by atoms with Crippen molar-refractivity contribution in [2.45, 2.75) is 12.8 Å². The van der Waals surface area contributed by atoms with Crippen LogP contribution < -0.4 is 0 Å². The van der Waals surface area contributed by atoms with Crippen LogP contribution in [0.15, 0.2) is 54.9 Å². The highest BCUT2D eigenvalue weighted by molar-refractivity contribution is 5.60. The second-order valence-corrected chi connectivity index (χ2v) is 5.19. The standard InChI is InChI=1S/C10H9N5.C9H8N2/c11-6-5-8-1-3-9(4-2-8)10-14-12-7-13-15-10;10-6-5-8-1-3-9(7-11)4-2-8/h1-4,6-7,11H,5H2;1-4,6,10H,5H2. The minimum absolute atomic E-state index is 0.513. The van der Waals surface area contributed by atoms with Crippen LogP contribution in [0.2, 0.25) is 0 Å². The van der Waals surface area contributed by atoms with E-state index in [1.165, 1.54) is 18.8 Å². The summed E-state index contributed by atoms with van der Waals surface area (Å²) in [5.74, 6) is 0.513. The molecule has 7 nitrogen and oxygen atoms in total. The van der Waals surface area contributed by atoms with Crippen LogP contribution in [-0.4, -0.2) is 32.8 Å². The summed E-state index contributed by atoms with van der Waals surface area (Å²) in [6.07, 6.45) is 5.31. The third-order valence-corrected chi connectivity index (χ3v) is 3.38. The van der Waals surface area contributed by atoms with Crippen molar-refractivity contribution < 1.29 is 0 Å².